The van der Waals surface area contributed by atoms with Crippen LogP contribution in [0.1, 0.15) is 55.6 Å². The smallest absolute Gasteiger partial charge is 0.383 e. The Morgan fingerprint density at radius 2 is 1.94 bits per heavy atom. The average Bonchev–Trinajstić information content (AvgIpc) is 3.26. The van der Waals surface area contributed by atoms with E-state index in [4.69, 9.17) is 17.3 Å². The lowest BCUT2D eigenvalue weighted by Crippen LogP contribution is -2.19. The summed E-state index contributed by atoms with van der Waals surface area (Å²) >= 11 is 6.66. The molecule has 1 atom stereocenters. The topological polar surface area (TPSA) is 114 Å². The SMILES string of the molecule is C[C@@H](CC(=O)c1ncnc(N)c1CN(C)C)c1ncc(C(=O)Nc2ccc(Cl)c(C(F)(F)F)c2)s1. The fourth-order valence-electron chi connectivity index (χ4n) is 3.23. The number of carbonyl (C=O) groups is 2. The molecule has 0 bridgehead atoms. The van der Waals surface area contributed by atoms with Crippen molar-refractivity contribution in [2.24, 2.45) is 0 Å². The maximum atomic E-state index is 13.1. The van der Waals surface area contributed by atoms with Crippen molar-refractivity contribution in [3.63, 3.8) is 0 Å². The molecule has 0 aliphatic carbocycles. The van der Waals surface area contributed by atoms with E-state index in [0.29, 0.717) is 17.1 Å². The number of rotatable bonds is 8. The number of aromatic nitrogens is 3. The molecule has 35 heavy (non-hydrogen) atoms. The van der Waals surface area contributed by atoms with E-state index in [1.54, 1.807) is 6.92 Å². The number of carbonyl (C=O) groups excluding carboxylic acids is 2. The van der Waals surface area contributed by atoms with Gasteiger partial charge in [0.25, 0.3) is 5.91 Å². The minimum atomic E-state index is -4.65. The third-order valence-electron chi connectivity index (χ3n) is 4.91. The number of hydrogen-bond donors (Lipinski definition) is 2. The van der Waals surface area contributed by atoms with Gasteiger partial charge in [0, 0.05) is 30.1 Å². The summed E-state index contributed by atoms with van der Waals surface area (Å²) < 4.78 is 39.2. The monoisotopic (exact) mass is 526 g/mol. The van der Waals surface area contributed by atoms with Crippen LogP contribution in [0, 0.1) is 0 Å². The molecule has 0 aliphatic rings. The minimum absolute atomic E-state index is 0.0559. The molecule has 0 saturated heterocycles. The molecule has 2 aromatic heterocycles. The maximum Gasteiger partial charge on any atom is 0.417 e. The number of halogens is 4. The van der Waals surface area contributed by atoms with E-state index < -0.39 is 22.7 Å². The lowest BCUT2D eigenvalue weighted by molar-refractivity contribution is -0.137. The Bertz CT molecular complexity index is 1250. The zero-order chi connectivity index (χ0) is 25.9. The molecule has 3 aromatic rings. The first-order valence-electron chi connectivity index (χ1n) is 10.3. The summed E-state index contributed by atoms with van der Waals surface area (Å²) in [6, 6.07) is 3.11. The van der Waals surface area contributed by atoms with Crippen molar-refractivity contribution in [1.82, 2.24) is 19.9 Å². The van der Waals surface area contributed by atoms with E-state index in [2.05, 4.69) is 20.3 Å². The van der Waals surface area contributed by atoms with E-state index in [1.165, 1.54) is 18.6 Å². The molecule has 13 heteroatoms. The van der Waals surface area contributed by atoms with Gasteiger partial charge in [0.2, 0.25) is 0 Å². The number of Topliss-reactive ketones (excluding diaryl/α,β-unsaturated/α-hetero) is 1. The quantitative estimate of drug-likeness (QED) is 0.402. The highest BCUT2D eigenvalue weighted by Crippen LogP contribution is 2.36. The third-order valence-corrected chi connectivity index (χ3v) is 6.46. The molecule has 3 rings (SSSR count). The number of nitrogens with two attached hydrogens (primary N) is 1. The lowest BCUT2D eigenvalue weighted by atomic mass is 10.0. The van der Waals surface area contributed by atoms with E-state index in [0.717, 1.165) is 23.5 Å². The van der Waals surface area contributed by atoms with Crippen molar-refractivity contribution in [2.45, 2.75) is 32.0 Å². The van der Waals surface area contributed by atoms with E-state index >= 15 is 0 Å². The van der Waals surface area contributed by atoms with E-state index in [9.17, 15) is 22.8 Å². The summed E-state index contributed by atoms with van der Waals surface area (Å²) in [6.45, 7) is 2.17. The number of benzene rings is 1. The molecular weight excluding hydrogens is 505 g/mol. The Morgan fingerprint density at radius 3 is 2.60 bits per heavy atom. The third kappa shape index (κ3) is 6.53. The van der Waals surface area contributed by atoms with Crippen LogP contribution in [-0.4, -0.2) is 45.6 Å². The van der Waals surface area contributed by atoms with Gasteiger partial charge in [-0.15, -0.1) is 11.3 Å². The molecule has 0 radical (unpaired) electrons. The van der Waals surface area contributed by atoms with Gasteiger partial charge in [0.15, 0.2) is 5.78 Å². The summed E-state index contributed by atoms with van der Waals surface area (Å²) in [5.74, 6) is -0.983. The number of ketones is 1. The van der Waals surface area contributed by atoms with Gasteiger partial charge in [0.1, 0.15) is 22.7 Å². The van der Waals surface area contributed by atoms with Gasteiger partial charge < -0.3 is 16.0 Å². The summed E-state index contributed by atoms with van der Waals surface area (Å²) in [7, 11) is 3.67. The van der Waals surface area contributed by atoms with Crippen molar-refractivity contribution < 1.29 is 22.8 Å². The Kier molecular flexibility index (Phi) is 8.08. The molecule has 0 unspecified atom stereocenters. The Hall–Kier alpha value is -3.09. The second-order valence-electron chi connectivity index (χ2n) is 8.06. The predicted molar refractivity (Wildman–Crippen MR) is 128 cm³/mol. The average molecular weight is 527 g/mol. The molecule has 8 nitrogen and oxygen atoms in total. The summed E-state index contributed by atoms with van der Waals surface area (Å²) in [6.07, 6.45) is -2.04. The number of amides is 1. The first-order chi connectivity index (χ1) is 16.4. The van der Waals surface area contributed by atoms with Gasteiger partial charge in [-0.3, -0.25) is 9.59 Å². The minimum Gasteiger partial charge on any atom is -0.383 e. The molecule has 0 aliphatic heterocycles. The maximum absolute atomic E-state index is 13.1. The normalized spacial score (nSPS) is 12.6. The molecule has 186 valence electrons. The molecule has 0 spiro atoms. The Labute approximate surface area is 208 Å². The van der Waals surface area contributed by atoms with Crippen LogP contribution < -0.4 is 11.1 Å². The van der Waals surface area contributed by atoms with Crippen molar-refractivity contribution >= 4 is 46.1 Å². The summed E-state index contributed by atoms with van der Waals surface area (Å²) in [5, 5.41) is 2.47. The van der Waals surface area contributed by atoms with Crippen molar-refractivity contribution in [2.75, 3.05) is 25.1 Å². The highest BCUT2D eigenvalue weighted by molar-refractivity contribution is 7.13. The van der Waals surface area contributed by atoms with Crippen molar-refractivity contribution in [1.29, 1.82) is 0 Å². The first kappa shape index (κ1) is 26.5. The number of thiazole rings is 1. The van der Waals surface area contributed by atoms with E-state index in [-0.39, 0.29) is 40.2 Å². The van der Waals surface area contributed by atoms with Crippen LogP contribution in [0.15, 0.2) is 30.7 Å². The van der Waals surface area contributed by atoms with Crippen LogP contribution in [0.25, 0.3) is 0 Å². The van der Waals surface area contributed by atoms with Gasteiger partial charge >= 0.3 is 6.18 Å². The number of nitrogens with one attached hydrogen (secondary N) is 1. The van der Waals surface area contributed by atoms with Crippen molar-refractivity contribution in [3.05, 3.63) is 62.5 Å². The van der Waals surface area contributed by atoms with Gasteiger partial charge in [-0.25, -0.2) is 15.0 Å². The molecule has 2 heterocycles. The van der Waals surface area contributed by atoms with Crippen LogP contribution in [-0.2, 0) is 12.7 Å². The zero-order valence-corrected chi connectivity index (χ0v) is 20.6. The van der Waals surface area contributed by atoms with Crippen LogP contribution in [0.2, 0.25) is 5.02 Å². The largest absolute Gasteiger partial charge is 0.417 e. The number of hydrogen-bond acceptors (Lipinski definition) is 8. The Morgan fingerprint density at radius 1 is 1.23 bits per heavy atom. The van der Waals surface area contributed by atoms with Gasteiger partial charge in [-0.2, -0.15) is 13.2 Å². The molecule has 0 fully saturated rings. The van der Waals surface area contributed by atoms with E-state index in [1.807, 2.05) is 19.0 Å². The molecule has 0 saturated carbocycles. The molecule has 1 amide bonds. The second-order valence-corrected chi connectivity index (χ2v) is 9.53. The van der Waals surface area contributed by atoms with Gasteiger partial charge in [-0.05, 0) is 32.3 Å². The van der Waals surface area contributed by atoms with Crippen molar-refractivity contribution in [3.8, 4) is 0 Å². The number of nitrogen functional groups attached to an aromatic ring is 1. The molecule has 3 N–H and O–H groups in total. The fourth-order valence-corrected chi connectivity index (χ4v) is 4.32. The number of alkyl halides is 3. The lowest BCUT2D eigenvalue weighted by Gasteiger charge is -2.15. The van der Waals surface area contributed by atoms with Gasteiger partial charge in [-0.1, -0.05) is 18.5 Å². The zero-order valence-electron chi connectivity index (χ0n) is 19.0. The van der Waals surface area contributed by atoms with Crippen LogP contribution in [0.4, 0.5) is 24.7 Å². The number of nitrogens with zero attached hydrogens (tertiary/aromatic N) is 4. The standard InChI is InChI=1S/C22H22ClF3N6O2S/c1-11(6-16(33)18-13(9-32(2)3)19(27)30-10-29-18)21-28-8-17(35-21)20(34)31-12-4-5-15(23)14(7-12)22(24,25)26/h4-5,7-8,10-11H,6,9H2,1-3H3,(H,31,34)(H2,27,29,30)/t11-/m0/s1. The molecule has 1 aromatic carbocycles. The first-order valence-corrected chi connectivity index (χ1v) is 11.5. The van der Waals surface area contributed by atoms with Crippen LogP contribution in [0.3, 0.4) is 0 Å². The predicted octanol–water partition coefficient (Wildman–Crippen LogP) is 4.88. The fraction of sp³-hybridized carbons (Fsp3) is 0.318. The molecular formula is C22H22ClF3N6O2S. The van der Waals surface area contributed by atoms with Gasteiger partial charge in [0.05, 0.1) is 21.8 Å². The highest BCUT2D eigenvalue weighted by atomic mass is 35.5. The number of anilines is 2. The summed E-state index contributed by atoms with van der Waals surface area (Å²) in [5.41, 5.74) is 5.60. The second kappa shape index (κ2) is 10.7. The van der Waals surface area contributed by atoms with Crippen LogP contribution >= 0.6 is 22.9 Å². The highest BCUT2D eigenvalue weighted by Gasteiger charge is 2.33. The summed E-state index contributed by atoms with van der Waals surface area (Å²) in [4.78, 5) is 39.8. The Balaban J connectivity index is 1.72. The van der Waals surface area contributed by atoms with Crippen LogP contribution in [0.5, 0.6) is 0 Å².